The largest absolute Gasteiger partial charge is 0.343 e. The number of carbonyl (C=O) groups excluding carboxylic acids is 3. The van der Waals surface area contributed by atoms with E-state index in [4.69, 9.17) is 0 Å². The van der Waals surface area contributed by atoms with Crippen LogP contribution in [0.5, 0.6) is 0 Å². The number of rotatable bonds is 7. The predicted molar refractivity (Wildman–Crippen MR) is 151 cm³/mol. The zero-order valence-corrected chi connectivity index (χ0v) is 23.5. The number of fused-ring (bicyclic) bond motifs is 1. The number of benzene rings is 1. The molecule has 208 valence electrons. The van der Waals surface area contributed by atoms with Gasteiger partial charge in [0, 0.05) is 70.4 Å². The highest BCUT2D eigenvalue weighted by Crippen LogP contribution is 2.33. The van der Waals surface area contributed by atoms with Gasteiger partial charge in [-0.25, -0.2) is 4.98 Å². The summed E-state index contributed by atoms with van der Waals surface area (Å²) in [5.41, 5.74) is 2.96. The second-order valence-electron chi connectivity index (χ2n) is 11.6. The minimum absolute atomic E-state index is 0.0749. The lowest BCUT2D eigenvalue weighted by atomic mass is 9.95. The van der Waals surface area contributed by atoms with E-state index in [0.717, 1.165) is 55.8 Å². The highest BCUT2D eigenvalue weighted by Gasteiger charge is 2.42. The van der Waals surface area contributed by atoms with Crippen molar-refractivity contribution >= 4 is 23.5 Å². The predicted octanol–water partition coefficient (Wildman–Crippen LogP) is 3.38. The van der Waals surface area contributed by atoms with Crippen molar-refractivity contribution in [2.75, 3.05) is 57.3 Å². The van der Waals surface area contributed by atoms with Gasteiger partial charge in [0.25, 0.3) is 5.91 Å². The Hall–Kier alpha value is -3.26. The summed E-state index contributed by atoms with van der Waals surface area (Å²) in [5.74, 6) is 2.03. The summed E-state index contributed by atoms with van der Waals surface area (Å²) in [5, 5.41) is 0. The van der Waals surface area contributed by atoms with E-state index in [1.165, 1.54) is 0 Å². The van der Waals surface area contributed by atoms with Gasteiger partial charge in [-0.3, -0.25) is 19.3 Å². The molecule has 0 saturated carbocycles. The van der Waals surface area contributed by atoms with Gasteiger partial charge in [0.1, 0.15) is 5.82 Å². The van der Waals surface area contributed by atoms with Crippen molar-refractivity contribution in [3.63, 3.8) is 0 Å². The Bertz CT molecular complexity index is 1160. The van der Waals surface area contributed by atoms with Crippen LogP contribution in [0.25, 0.3) is 0 Å². The van der Waals surface area contributed by atoms with Gasteiger partial charge in [0.2, 0.25) is 11.8 Å². The average Bonchev–Trinajstić information content (AvgIpc) is 3.50. The molecule has 2 unspecified atom stereocenters. The van der Waals surface area contributed by atoms with Gasteiger partial charge in [-0.05, 0) is 74.8 Å². The second kappa shape index (κ2) is 11.9. The molecule has 39 heavy (non-hydrogen) atoms. The third-order valence-corrected chi connectivity index (χ3v) is 8.88. The molecule has 0 spiro atoms. The standard InChI is InChI=1S/C31H41N5O3/c1-22-8-6-9-23(2)29(22)31(39)35-20-26-18-33(19-27(26)21-35)14-7-15-36(28-10-4-5-13-32-28)30(38)25-11-16-34(17-12-25)24(3)37/h4-6,8-10,13,25-27H,7,11-12,14-21H2,1-3H3. The lowest BCUT2D eigenvalue weighted by Crippen LogP contribution is -2.45. The number of likely N-dealkylation sites (tertiary alicyclic amines) is 3. The van der Waals surface area contributed by atoms with Crippen molar-refractivity contribution in [1.82, 2.24) is 19.7 Å². The molecule has 1 aromatic carbocycles. The fourth-order valence-corrected chi connectivity index (χ4v) is 6.71. The molecular formula is C31H41N5O3. The zero-order valence-electron chi connectivity index (χ0n) is 23.5. The molecule has 8 heteroatoms. The zero-order chi connectivity index (χ0) is 27.5. The van der Waals surface area contributed by atoms with Crippen LogP contribution >= 0.6 is 0 Å². The number of aryl methyl sites for hydroxylation is 2. The van der Waals surface area contributed by atoms with E-state index in [2.05, 4.69) is 14.8 Å². The van der Waals surface area contributed by atoms with Crippen LogP contribution in [0.3, 0.4) is 0 Å². The number of aromatic nitrogens is 1. The molecule has 3 aliphatic rings. The van der Waals surface area contributed by atoms with Gasteiger partial charge < -0.3 is 14.7 Å². The van der Waals surface area contributed by atoms with Gasteiger partial charge in [-0.1, -0.05) is 24.3 Å². The maximum atomic E-state index is 13.6. The number of carbonyl (C=O) groups is 3. The summed E-state index contributed by atoms with van der Waals surface area (Å²) in [6.07, 6.45) is 4.02. The summed E-state index contributed by atoms with van der Waals surface area (Å²) >= 11 is 0. The Morgan fingerprint density at radius 2 is 1.56 bits per heavy atom. The van der Waals surface area contributed by atoms with Crippen molar-refractivity contribution in [3.8, 4) is 0 Å². The molecule has 0 radical (unpaired) electrons. The number of amides is 3. The van der Waals surface area contributed by atoms with Gasteiger partial charge in [0.15, 0.2) is 0 Å². The fraction of sp³-hybridized carbons (Fsp3) is 0.548. The third kappa shape index (κ3) is 6.01. The maximum absolute atomic E-state index is 13.6. The molecule has 0 bridgehead atoms. The third-order valence-electron chi connectivity index (χ3n) is 8.88. The lowest BCUT2D eigenvalue weighted by Gasteiger charge is -2.33. The molecule has 0 N–H and O–H groups in total. The van der Waals surface area contributed by atoms with Crippen molar-refractivity contribution in [3.05, 3.63) is 59.3 Å². The summed E-state index contributed by atoms with van der Waals surface area (Å²) < 4.78 is 0. The number of pyridine rings is 1. The van der Waals surface area contributed by atoms with Gasteiger partial charge in [0.05, 0.1) is 0 Å². The van der Waals surface area contributed by atoms with Crippen molar-refractivity contribution in [1.29, 1.82) is 0 Å². The monoisotopic (exact) mass is 531 g/mol. The summed E-state index contributed by atoms with van der Waals surface area (Å²) in [6, 6.07) is 11.8. The number of hydrogen-bond acceptors (Lipinski definition) is 5. The first-order valence-electron chi connectivity index (χ1n) is 14.4. The van der Waals surface area contributed by atoms with Crippen LogP contribution in [0.4, 0.5) is 5.82 Å². The van der Waals surface area contributed by atoms with E-state index >= 15 is 0 Å². The van der Waals surface area contributed by atoms with Crippen LogP contribution in [0.1, 0.15) is 47.7 Å². The topological polar surface area (TPSA) is 77.1 Å². The maximum Gasteiger partial charge on any atom is 0.254 e. The van der Waals surface area contributed by atoms with E-state index < -0.39 is 0 Å². The van der Waals surface area contributed by atoms with Crippen LogP contribution in [0.15, 0.2) is 42.6 Å². The Morgan fingerprint density at radius 1 is 0.897 bits per heavy atom. The minimum atomic E-state index is -0.0749. The Balaban J connectivity index is 1.14. The van der Waals surface area contributed by atoms with E-state index in [1.807, 2.05) is 60.0 Å². The molecule has 2 aromatic rings. The SMILES string of the molecule is CC(=O)N1CCC(C(=O)N(CCCN2CC3CN(C(=O)c4c(C)cccc4C)CC3C2)c2ccccn2)CC1. The molecule has 8 nitrogen and oxygen atoms in total. The number of anilines is 1. The second-order valence-corrected chi connectivity index (χ2v) is 11.6. The van der Waals surface area contributed by atoms with Gasteiger partial charge >= 0.3 is 0 Å². The smallest absolute Gasteiger partial charge is 0.254 e. The summed E-state index contributed by atoms with van der Waals surface area (Å²) in [6.45, 7) is 12.1. The van der Waals surface area contributed by atoms with Crippen LogP contribution in [-0.4, -0.2) is 89.8 Å². The van der Waals surface area contributed by atoms with Gasteiger partial charge in [-0.2, -0.15) is 0 Å². The molecule has 2 atom stereocenters. The fourth-order valence-electron chi connectivity index (χ4n) is 6.71. The average molecular weight is 532 g/mol. The van der Waals surface area contributed by atoms with Crippen molar-refractivity contribution in [2.45, 2.75) is 40.0 Å². The molecule has 3 aliphatic heterocycles. The van der Waals surface area contributed by atoms with Crippen molar-refractivity contribution < 1.29 is 14.4 Å². The highest BCUT2D eigenvalue weighted by molar-refractivity contribution is 5.97. The summed E-state index contributed by atoms with van der Waals surface area (Å²) in [4.78, 5) is 51.3. The van der Waals surface area contributed by atoms with Crippen LogP contribution < -0.4 is 4.90 Å². The Labute approximate surface area is 232 Å². The van der Waals surface area contributed by atoms with E-state index in [0.29, 0.717) is 50.1 Å². The number of hydrogen-bond donors (Lipinski definition) is 0. The van der Waals surface area contributed by atoms with E-state index in [9.17, 15) is 14.4 Å². The quantitative estimate of drug-likeness (QED) is 0.548. The number of nitrogens with zero attached hydrogens (tertiary/aromatic N) is 5. The molecule has 3 fully saturated rings. The van der Waals surface area contributed by atoms with E-state index in [1.54, 1.807) is 13.1 Å². The molecule has 1 aromatic heterocycles. The Kier molecular flexibility index (Phi) is 8.31. The molecule has 4 heterocycles. The minimum Gasteiger partial charge on any atom is -0.343 e. The van der Waals surface area contributed by atoms with Crippen molar-refractivity contribution in [2.24, 2.45) is 17.8 Å². The van der Waals surface area contributed by atoms with Crippen LogP contribution in [0, 0.1) is 31.6 Å². The number of piperidine rings is 1. The van der Waals surface area contributed by atoms with Gasteiger partial charge in [-0.15, -0.1) is 0 Å². The lowest BCUT2D eigenvalue weighted by molar-refractivity contribution is -0.133. The molecule has 0 aliphatic carbocycles. The first-order valence-corrected chi connectivity index (χ1v) is 14.4. The molecular weight excluding hydrogens is 490 g/mol. The summed E-state index contributed by atoms with van der Waals surface area (Å²) in [7, 11) is 0. The molecule has 3 amide bonds. The first kappa shape index (κ1) is 27.3. The van der Waals surface area contributed by atoms with E-state index in [-0.39, 0.29) is 23.6 Å². The first-order chi connectivity index (χ1) is 18.8. The molecule has 3 saturated heterocycles. The highest BCUT2D eigenvalue weighted by atomic mass is 16.2. The molecule has 5 rings (SSSR count). The van der Waals surface area contributed by atoms with Crippen LogP contribution in [0.2, 0.25) is 0 Å². The normalized spacial score (nSPS) is 21.7. The Morgan fingerprint density at radius 3 is 2.15 bits per heavy atom. The van der Waals surface area contributed by atoms with Crippen LogP contribution in [-0.2, 0) is 9.59 Å².